The third-order valence-corrected chi connectivity index (χ3v) is 3.31. The molecule has 1 aliphatic rings. The molecule has 1 aromatic heterocycles. The first-order chi connectivity index (χ1) is 9.11. The molecular weight excluding hydrogens is 242 g/mol. The number of carbonyl (C=O) groups is 1. The third-order valence-electron chi connectivity index (χ3n) is 3.31. The second-order valence-corrected chi connectivity index (χ2v) is 4.35. The van der Waals surface area contributed by atoms with Gasteiger partial charge < -0.3 is 10.2 Å². The van der Waals surface area contributed by atoms with E-state index in [-0.39, 0.29) is 5.78 Å². The van der Waals surface area contributed by atoms with Crippen LogP contribution in [-0.2, 0) is 0 Å². The molecule has 0 fully saturated rings. The van der Waals surface area contributed by atoms with Gasteiger partial charge in [-0.2, -0.15) is 0 Å². The number of Topliss-reactive ketones (excluding diaryl/α,β-unsaturated/α-hetero) is 1. The minimum absolute atomic E-state index is 0.283. The predicted octanol–water partition coefficient (Wildman–Crippen LogP) is 1.59. The smallest absolute Gasteiger partial charge is 0.172 e. The summed E-state index contributed by atoms with van der Waals surface area (Å²) in [4.78, 5) is 16.1. The largest absolute Gasteiger partial charge is 0.388 e. The van der Waals surface area contributed by atoms with E-state index < -0.39 is 18.1 Å². The molecule has 1 heterocycles. The van der Waals surface area contributed by atoms with Crippen LogP contribution in [-0.4, -0.2) is 27.1 Å². The monoisotopic (exact) mass is 257 g/mol. The van der Waals surface area contributed by atoms with Crippen molar-refractivity contribution in [1.29, 1.82) is 0 Å². The number of hydrogen-bond donors (Lipinski definition) is 2. The molecule has 1 aliphatic carbocycles. The number of aliphatic hydroxyl groups excluding tert-OH is 2. The van der Waals surface area contributed by atoms with Gasteiger partial charge in [0.25, 0.3) is 0 Å². The summed E-state index contributed by atoms with van der Waals surface area (Å²) in [6, 6.07) is 1.55. The number of fused-ring (bicyclic) bond motifs is 1. The van der Waals surface area contributed by atoms with Crippen molar-refractivity contribution in [2.75, 3.05) is 0 Å². The normalized spacial score (nSPS) is 23.9. The van der Waals surface area contributed by atoms with Crippen molar-refractivity contribution in [3.05, 3.63) is 66.5 Å². The Balaban J connectivity index is 2.39. The molecule has 98 valence electrons. The maximum atomic E-state index is 12.2. The number of nitrogens with zero attached hydrogens (tertiary/aromatic N) is 1. The van der Waals surface area contributed by atoms with Crippen LogP contribution in [0, 0.1) is 5.92 Å². The Morgan fingerprint density at radius 1 is 1.47 bits per heavy atom. The Labute approximate surface area is 111 Å². The van der Waals surface area contributed by atoms with Crippen LogP contribution < -0.4 is 0 Å². The summed E-state index contributed by atoms with van der Waals surface area (Å²) in [5.74, 6) is -1.21. The maximum absolute atomic E-state index is 12.2. The Morgan fingerprint density at radius 3 is 2.79 bits per heavy atom. The summed E-state index contributed by atoms with van der Waals surface area (Å²) in [6.45, 7) is 7.13. The zero-order valence-corrected chi connectivity index (χ0v) is 10.4. The van der Waals surface area contributed by atoms with E-state index in [1.54, 1.807) is 12.1 Å². The summed E-state index contributed by atoms with van der Waals surface area (Å²) < 4.78 is 0. The quantitative estimate of drug-likeness (QED) is 0.803. The highest BCUT2D eigenvalue weighted by molar-refractivity contribution is 6.03. The summed E-state index contributed by atoms with van der Waals surface area (Å²) in [6.07, 6.45) is 5.29. The number of pyridine rings is 1. The lowest BCUT2D eigenvalue weighted by atomic mass is 9.90. The molecule has 0 saturated carbocycles. The first kappa shape index (κ1) is 13.4. The predicted molar refractivity (Wildman–Crippen MR) is 71.5 cm³/mol. The van der Waals surface area contributed by atoms with Crippen molar-refractivity contribution in [2.24, 2.45) is 5.92 Å². The molecule has 4 heteroatoms. The molecule has 3 atom stereocenters. The highest BCUT2D eigenvalue weighted by Gasteiger charge is 2.43. The van der Waals surface area contributed by atoms with Crippen LogP contribution in [0.1, 0.15) is 22.0 Å². The molecular formula is C15H15NO3. The lowest BCUT2D eigenvalue weighted by Gasteiger charge is -2.21. The second-order valence-electron chi connectivity index (χ2n) is 4.35. The fraction of sp³-hybridized carbons (Fsp3) is 0.200. The average Bonchev–Trinajstić information content (AvgIpc) is 2.68. The Morgan fingerprint density at radius 2 is 2.21 bits per heavy atom. The number of hydrogen-bond acceptors (Lipinski definition) is 4. The van der Waals surface area contributed by atoms with E-state index in [9.17, 15) is 15.0 Å². The summed E-state index contributed by atoms with van der Waals surface area (Å²) in [7, 11) is 0. The zero-order valence-electron chi connectivity index (χ0n) is 10.4. The van der Waals surface area contributed by atoms with Gasteiger partial charge in [0.05, 0.1) is 18.1 Å². The van der Waals surface area contributed by atoms with E-state index in [1.807, 2.05) is 0 Å². The Bertz CT molecular complexity index is 562. The Kier molecular flexibility index (Phi) is 3.74. The molecule has 0 saturated heterocycles. The second kappa shape index (κ2) is 5.30. The molecule has 0 amide bonds. The van der Waals surface area contributed by atoms with Crippen LogP contribution in [0.15, 0.2) is 55.4 Å². The van der Waals surface area contributed by atoms with E-state index in [0.29, 0.717) is 16.7 Å². The third kappa shape index (κ3) is 2.16. The van der Waals surface area contributed by atoms with Gasteiger partial charge >= 0.3 is 0 Å². The first-order valence-corrected chi connectivity index (χ1v) is 5.91. The molecule has 0 radical (unpaired) electrons. The van der Waals surface area contributed by atoms with Gasteiger partial charge in [-0.15, -0.1) is 0 Å². The van der Waals surface area contributed by atoms with Gasteiger partial charge in [-0.25, -0.2) is 0 Å². The SMILES string of the molecule is C=C/C=C(\C=C)C(O)C1C(=O)c2ccncc2C1O. The van der Waals surface area contributed by atoms with E-state index in [4.69, 9.17) is 0 Å². The van der Waals surface area contributed by atoms with E-state index in [1.165, 1.54) is 24.5 Å². The van der Waals surface area contributed by atoms with Gasteiger partial charge in [-0.3, -0.25) is 9.78 Å². The summed E-state index contributed by atoms with van der Waals surface area (Å²) in [5.41, 5.74) is 1.32. The van der Waals surface area contributed by atoms with Gasteiger partial charge in [-0.05, 0) is 11.6 Å². The fourth-order valence-electron chi connectivity index (χ4n) is 2.33. The number of ketones is 1. The van der Waals surface area contributed by atoms with Crippen LogP contribution in [0.5, 0.6) is 0 Å². The standard InChI is InChI=1S/C15H15NO3/c1-3-5-9(4-2)13(17)12-14(18)10-6-7-16-8-11(10)15(12)19/h3-8,12-13,15,17,19H,1-2H2/b9-5+. The van der Waals surface area contributed by atoms with Crippen molar-refractivity contribution in [3.63, 3.8) is 0 Å². The van der Waals surface area contributed by atoms with E-state index in [0.717, 1.165) is 0 Å². The van der Waals surface area contributed by atoms with Gasteiger partial charge in [0.15, 0.2) is 5.78 Å². The van der Waals surface area contributed by atoms with Gasteiger partial charge in [0.1, 0.15) is 0 Å². The highest BCUT2D eigenvalue weighted by atomic mass is 16.3. The van der Waals surface area contributed by atoms with E-state index in [2.05, 4.69) is 18.1 Å². The van der Waals surface area contributed by atoms with Crippen molar-refractivity contribution in [3.8, 4) is 0 Å². The van der Waals surface area contributed by atoms with Crippen molar-refractivity contribution in [1.82, 2.24) is 4.98 Å². The van der Waals surface area contributed by atoms with E-state index >= 15 is 0 Å². The topological polar surface area (TPSA) is 70.4 Å². The number of allylic oxidation sites excluding steroid dienone is 2. The molecule has 3 unspecified atom stereocenters. The first-order valence-electron chi connectivity index (χ1n) is 5.91. The van der Waals surface area contributed by atoms with Crippen LogP contribution >= 0.6 is 0 Å². The molecule has 4 nitrogen and oxygen atoms in total. The lowest BCUT2D eigenvalue weighted by Crippen LogP contribution is -2.29. The van der Waals surface area contributed by atoms with Crippen LogP contribution in [0.3, 0.4) is 0 Å². The fourth-order valence-corrected chi connectivity index (χ4v) is 2.33. The van der Waals surface area contributed by atoms with Crippen molar-refractivity contribution in [2.45, 2.75) is 12.2 Å². The molecule has 2 N–H and O–H groups in total. The molecule has 0 spiro atoms. The number of rotatable bonds is 4. The minimum atomic E-state index is -1.12. The molecule has 0 bridgehead atoms. The number of aromatic nitrogens is 1. The average molecular weight is 257 g/mol. The molecule has 0 aromatic carbocycles. The molecule has 2 rings (SSSR count). The number of aliphatic hydroxyl groups is 2. The van der Waals surface area contributed by atoms with Crippen molar-refractivity contribution >= 4 is 5.78 Å². The molecule has 1 aromatic rings. The van der Waals surface area contributed by atoms with Crippen LogP contribution in [0.2, 0.25) is 0 Å². The molecule has 0 aliphatic heterocycles. The van der Waals surface area contributed by atoms with Crippen LogP contribution in [0.25, 0.3) is 0 Å². The summed E-state index contributed by atoms with van der Waals surface area (Å²) >= 11 is 0. The van der Waals surface area contributed by atoms with Crippen molar-refractivity contribution < 1.29 is 15.0 Å². The maximum Gasteiger partial charge on any atom is 0.172 e. The zero-order chi connectivity index (χ0) is 14.0. The highest BCUT2D eigenvalue weighted by Crippen LogP contribution is 2.39. The van der Waals surface area contributed by atoms with Gasteiger partial charge in [0, 0.05) is 23.5 Å². The minimum Gasteiger partial charge on any atom is -0.388 e. The molecule has 19 heavy (non-hydrogen) atoms. The Hall–Kier alpha value is -2.04. The summed E-state index contributed by atoms with van der Waals surface area (Å²) in [5, 5.41) is 20.5. The van der Waals surface area contributed by atoms with Gasteiger partial charge in [-0.1, -0.05) is 31.4 Å². The van der Waals surface area contributed by atoms with Crippen LogP contribution in [0.4, 0.5) is 0 Å². The lowest BCUT2D eigenvalue weighted by molar-refractivity contribution is 0.0374. The number of carbonyl (C=O) groups excluding carboxylic acids is 1. The van der Waals surface area contributed by atoms with Gasteiger partial charge in [0.2, 0.25) is 0 Å².